The first-order valence-corrected chi connectivity index (χ1v) is 8.29. The van der Waals surface area contributed by atoms with Gasteiger partial charge < -0.3 is 4.90 Å². The molecule has 0 spiro atoms. The van der Waals surface area contributed by atoms with Crippen LogP contribution in [0.5, 0.6) is 0 Å². The first-order valence-electron chi connectivity index (χ1n) is 8.29. The molecule has 3 nitrogen and oxygen atoms in total. The molecule has 21 heavy (non-hydrogen) atoms. The van der Waals surface area contributed by atoms with Crippen molar-refractivity contribution in [2.45, 2.75) is 71.6 Å². The summed E-state index contributed by atoms with van der Waals surface area (Å²) in [7, 11) is 0. The fourth-order valence-corrected chi connectivity index (χ4v) is 3.16. The second-order valence-electron chi connectivity index (χ2n) is 6.01. The van der Waals surface area contributed by atoms with Gasteiger partial charge in [0.15, 0.2) is 0 Å². The number of carbonyl (C=O) groups is 1. The molecule has 3 unspecified atom stereocenters. The van der Waals surface area contributed by atoms with Crippen LogP contribution in [-0.2, 0) is 11.2 Å². The molecule has 1 aromatic carbocycles. The van der Waals surface area contributed by atoms with Gasteiger partial charge in [-0.3, -0.25) is 10.1 Å². The molecule has 2 rings (SSSR count). The van der Waals surface area contributed by atoms with Crippen molar-refractivity contribution in [3.63, 3.8) is 0 Å². The maximum absolute atomic E-state index is 12.6. The molecule has 0 aromatic heterocycles. The monoisotopic (exact) mass is 288 g/mol. The van der Waals surface area contributed by atoms with E-state index < -0.39 is 0 Å². The molecule has 1 N–H and O–H groups in total. The van der Waals surface area contributed by atoms with Crippen LogP contribution in [-0.4, -0.2) is 22.9 Å². The van der Waals surface area contributed by atoms with Gasteiger partial charge in [0.1, 0.15) is 6.17 Å². The minimum atomic E-state index is -0.0415. The first-order chi connectivity index (χ1) is 10.1. The van der Waals surface area contributed by atoms with Crippen molar-refractivity contribution < 1.29 is 4.79 Å². The number of amides is 1. The summed E-state index contributed by atoms with van der Waals surface area (Å²) in [5, 5.41) is 3.51. The second kappa shape index (κ2) is 7.08. The maximum atomic E-state index is 12.6. The van der Waals surface area contributed by atoms with Crippen molar-refractivity contribution in [3.05, 3.63) is 35.4 Å². The van der Waals surface area contributed by atoms with Crippen LogP contribution in [0, 0.1) is 0 Å². The van der Waals surface area contributed by atoms with E-state index in [1.54, 1.807) is 0 Å². The van der Waals surface area contributed by atoms with E-state index in [0.717, 1.165) is 25.7 Å². The Hall–Kier alpha value is -1.35. The van der Waals surface area contributed by atoms with Crippen molar-refractivity contribution in [2.75, 3.05) is 0 Å². The zero-order chi connectivity index (χ0) is 15.4. The van der Waals surface area contributed by atoms with Gasteiger partial charge >= 0.3 is 0 Å². The summed E-state index contributed by atoms with van der Waals surface area (Å²) in [5.74, 6) is 0.253. The Labute approximate surface area is 128 Å². The van der Waals surface area contributed by atoms with Crippen molar-refractivity contribution in [3.8, 4) is 0 Å². The molecule has 1 amide bonds. The molecule has 1 heterocycles. The topological polar surface area (TPSA) is 32.3 Å². The molecule has 3 heteroatoms. The highest BCUT2D eigenvalue weighted by Crippen LogP contribution is 2.30. The van der Waals surface area contributed by atoms with Gasteiger partial charge in [-0.15, -0.1) is 0 Å². The van der Waals surface area contributed by atoms with Crippen molar-refractivity contribution in [1.29, 1.82) is 0 Å². The van der Waals surface area contributed by atoms with Crippen LogP contribution in [0.1, 0.15) is 64.3 Å². The molecule has 0 aliphatic carbocycles. The van der Waals surface area contributed by atoms with Crippen LogP contribution in [0.4, 0.5) is 0 Å². The average Bonchev–Trinajstić information content (AvgIpc) is 2.84. The van der Waals surface area contributed by atoms with Gasteiger partial charge in [0.05, 0.1) is 6.04 Å². The van der Waals surface area contributed by atoms with Crippen molar-refractivity contribution >= 4 is 5.91 Å². The van der Waals surface area contributed by atoms with Gasteiger partial charge in [0.2, 0.25) is 5.91 Å². The lowest BCUT2D eigenvalue weighted by Crippen LogP contribution is -2.38. The molecule has 0 saturated carbocycles. The van der Waals surface area contributed by atoms with Crippen LogP contribution < -0.4 is 5.32 Å². The second-order valence-corrected chi connectivity index (χ2v) is 6.01. The Morgan fingerprint density at radius 1 is 1.19 bits per heavy atom. The molecular weight excluding hydrogens is 260 g/mol. The third-order valence-corrected chi connectivity index (χ3v) is 4.48. The molecule has 0 radical (unpaired) electrons. The number of carbonyl (C=O) groups excluding carboxylic acids is 1. The predicted molar refractivity (Wildman–Crippen MR) is 87.0 cm³/mol. The highest BCUT2D eigenvalue weighted by molar-refractivity contribution is 5.84. The largest absolute Gasteiger partial charge is 0.319 e. The SMILES string of the molecule is CCCC(C)N1C(=O)C(CC)NC1c1ccc(CC)cc1. The average molecular weight is 288 g/mol. The standard InChI is InChI=1S/C18H28N2O/c1-5-8-13(4)20-17(19-16(7-3)18(20)21)15-11-9-14(6-2)10-12-15/h9-13,16-17,19H,5-8H2,1-4H3. The van der Waals surface area contributed by atoms with Gasteiger partial charge in [0, 0.05) is 6.04 Å². The van der Waals surface area contributed by atoms with Crippen LogP contribution in [0.2, 0.25) is 0 Å². The van der Waals surface area contributed by atoms with E-state index in [1.165, 1.54) is 11.1 Å². The first kappa shape index (κ1) is 16.0. The molecule has 1 saturated heterocycles. The number of benzene rings is 1. The fourth-order valence-electron chi connectivity index (χ4n) is 3.16. The van der Waals surface area contributed by atoms with E-state index >= 15 is 0 Å². The number of rotatable bonds is 6. The molecular formula is C18H28N2O. The van der Waals surface area contributed by atoms with Gasteiger partial charge in [-0.05, 0) is 37.3 Å². The molecule has 1 aliphatic rings. The molecule has 1 fully saturated rings. The highest BCUT2D eigenvalue weighted by atomic mass is 16.2. The summed E-state index contributed by atoms with van der Waals surface area (Å²) in [4.78, 5) is 14.7. The summed E-state index contributed by atoms with van der Waals surface area (Å²) < 4.78 is 0. The third-order valence-electron chi connectivity index (χ3n) is 4.48. The number of hydrogen-bond acceptors (Lipinski definition) is 2. The Morgan fingerprint density at radius 2 is 1.86 bits per heavy atom. The van der Waals surface area contributed by atoms with E-state index in [4.69, 9.17) is 0 Å². The van der Waals surface area contributed by atoms with E-state index in [9.17, 15) is 4.79 Å². The molecule has 3 atom stereocenters. The zero-order valence-electron chi connectivity index (χ0n) is 13.7. The van der Waals surface area contributed by atoms with Crippen LogP contribution in [0.15, 0.2) is 24.3 Å². The summed E-state index contributed by atoms with van der Waals surface area (Å²) in [6, 6.07) is 8.90. The van der Waals surface area contributed by atoms with Gasteiger partial charge in [-0.1, -0.05) is 51.5 Å². The zero-order valence-corrected chi connectivity index (χ0v) is 13.7. The van der Waals surface area contributed by atoms with E-state index in [2.05, 4.69) is 62.2 Å². The van der Waals surface area contributed by atoms with Gasteiger partial charge in [-0.2, -0.15) is 0 Å². The smallest absolute Gasteiger partial charge is 0.241 e. The Bertz CT molecular complexity index is 469. The molecule has 1 aromatic rings. The van der Waals surface area contributed by atoms with E-state index in [0.29, 0.717) is 0 Å². The van der Waals surface area contributed by atoms with E-state index in [1.807, 2.05) is 0 Å². The Kier molecular flexibility index (Phi) is 5.40. The lowest BCUT2D eigenvalue weighted by atomic mass is 10.1. The molecule has 1 aliphatic heterocycles. The number of aryl methyl sites for hydroxylation is 1. The summed E-state index contributed by atoms with van der Waals surface area (Å²) in [6.45, 7) is 8.57. The summed E-state index contributed by atoms with van der Waals surface area (Å²) >= 11 is 0. The molecule has 116 valence electrons. The fraction of sp³-hybridized carbons (Fsp3) is 0.611. The summed E-state index contributed by atoms with van der Waals surface area (Å²) in [6.07, 6.45) is 4.06. The maximum Gasteiger partial charge on any atom is 0.241 e. The lowest BCUT2D eigenvalue weighted by Gasteiger charge is -2.30. The van der Waals surface area contributed by atoms with Crippen LogP contribution in [0.25, 0.3) is 0 Å². The normalized spacial score (nSPS) is 23.6. The van der Waals surface area contributed by atoms with Gasteiger partial charge in [0.25, 0.3) is 0 Å². The minimum Gasteiger partial charge on any atom is -0.319 e. The Morgan fingerprint density at radius 3 is 2.38 bits per heavy atom. The van der Waals surface area contributed by atoms with Crippen molar-refractivity contribution in [2.24, 2.45) is 0 Å². The summed E-state index contributed by atoms with van der Waals surface area (Å²) in [5.41, 5.74) is 2.53. The van der Waals surface area contributed by atoms with Crippen LogP contribution in [0.3, 0.4) is 0 Å². The van der Waals surface area contributed by atoms with Crippen LogP contribution >= 0.6 is 0 Å². The predicted octanol–water partition coefficient (Wildman–Crippen LogP) is 3.65. The third kappa shape index (κ3) is 3.29. The van der Waals surface area contributed by atoms with Gasteiger partial charge in [-0.25, -0.2) is 0 Å². The minimum absolute atomic E-state index is 0.0231. The molecule has 0 bridgehead atoms. The lowest BCUT2D eigenvalue weighted by molar-refractivity contribution is -0.132. The Balaban J connectivity index is 2.26. The van der Waals surface area contributed by atoms with Crippen molar-refractivity contribution in [1.82, 2.24) is 10.2 Å². The quantitative estimate of drug-likeness (QED) is 0.866. The highest BCUT2D eigenvalue weighted by Gasteiger charge is 2.40. The number of nitrogens with one attached hydrogen (secondary N) is 1. The number of hydrogen-bond donors (Lipinski definition) is 1. The number of nitrogens with zero attached hydrogens (tertiary/aromatic N) is 1. The van der Waals surface area contributed by atoms with E-state index in [-0.39, 0.29) is 24.2 Å².